The van der Waals surface area contributed by atoms with Gasteiger partial charge in [-0.05, 0) is 42.0 Å². The molecule has 2 aliphatic heterocycles. The molecule has 0 bridgehead atoms. The molecule has 0 radical (unpaired) electrons. The van der Waals surface area contributed by atoms with E-state index in [9.17, 15) is 8.42 Å². The van der Waals surface area contributed by atoms with E-state index in [2.05, 4.69) is 31.7 Å². The molecule has 1 fully saturated rings. The van der Waals surface area contributed by atoms with Gasteiger partial charge >= 0.3 is 0 Å². The summed E-state index contributed by atoms with van der Waals surface area (Å²) in [7, 11) is -1.20. The number of fused-ring (bicyclic) bond motifs is 1. The fourth-order valence-corrected chi connectivity index (χ4v) is 6.10. The first kappa shape index (κ1) is 17.7. The van der Waals surface area contributed by atoms with Gasteiger partial charge in [0, 0.05) is 30.7 Å². The number of ether oxygens (including phenoxy) is 1. The van der Waals surface area contributed by atoms with E-state index in [1.807, 2.05) is 0 Å². The number of benzene rings is 1. The van der Waals surface area contributed by atoms with E-state index in [1.165, 1.54) is 22.3 Å². The lowest BCUT2D eigenvalue weighted by molar-refractivity contribution is 0.163. The Bertz CT molecular complexity index is 743. The van der Waals surface area contributed by atoms with Gasteiger partial charge in [0.15, 0.2) is 9.84 Å². The standard InChI is InChI=1S/C18H28N2O3S/c1-11(2)17-16(23-4)7-12(3)14-9-20(15(8-19)18(14)17)13-5-6-24(21,22)10-13/h7,11,13,15H,5-6,8-10,19H2,1-4H3. The van der Waals surface area contributed by atoms with Crippen molar-refractivity contribution in [3.8, 4) is 5.75 Å². The summed E-state index contributed by atoms with van der Waals surface area (Å²) in [5, 5.41) is 0. The van der Waals surface area contributed by atoms with E-state index < -0.39 is 9.84 Å². The molecule has 2 aliphatic rings. The maximum Gasteiger partial charge on any atom is 0.151 e. The van der Waals surface area contributed by atoms with E-state index in [-0.39, 0.29) is 17.8 Å². The Hall–Kier alpha value is -1.11. The molecular weight excluding hydrogens is 324 g/mol. The van der Waals surface area contributed by atoms with Crippen molar-refractivity contribution in [3.05, 3.63) is 28.3 Å². The second-order valence-corrected chi connectivity index (χ2v) is 9.57. The zero-order valence-electron chi connectivity index (χ0n) is 15.0. The van der Waals surface area contributed by atoms with Crippen molar-refractivity contribution >= 4 is 9.84 Å². The molecule has 24 heavy (non-hydrogen) atoms. The van der Waals surface area contributed by atoms with Crippen molar-refractivity contribution in [2.75, 3.05) is 25.2 Å². The minimum absolute atomic E-state index is 0.0707. The summed E-state index contributed by atoms with van der Waals surface area (Å²) in [5.41, 5.74) is 11.2. The first-order valence-corrected chi connectivity index (χ1v) is 10.5. The summed E-state index contributed by atoms with van der Waals surface area (Å²) in [6, 6.07) is 2.25. The molecule has 1 aromatic rings. The lowest BCUT2D eigenvalue weighted by atomic mass is 9.88. The lowest BCUT2D eigenvalue weighted by Gasteiger charge is -2.30. The molecule has 0 saturated carbocycles. The van der Waals surface area contributed by atoms with Gasteiger partial charge in [-0.2, -0.15) is 0 Å². The Balaban J connectivity index is 2.08. The van der Waals surface area contributed by atoms with Gasteiger partial charge in [-0.3, -0.25) is 4.90 Å². The summed E-state index contributed by atoms with van der Waals surface area (Å²) in [5.74, 6) is 1.79. The number of sulfone groups is 1. The molecular formula is C18H28N2O3S. The first-order valence-electron chi connectivity index (χ1n) is 8.65. The second kappa shape index (κ2) is 6.32. The van der Waals surface area contributed by atoms with Gasteiger partial charge in [0.25, 0.3) is 0 Å². The van der Waals surface area contributed by atoms with E-state index >= 15 is 0 Å². The highest BCUT2D eigenvalue weighted by molar-refractivity contribution is 7.91. The number of nitrogens with two attached hydrogens (primary N) is 1. The van der Waals surface area contributed by atoms with Crippen molar-refractivity contribution in [2.45, 2.75) is 51.7 Å². The van der Waals surface area contributed by atoms with Crippen LogP contribution in [0.2, 0.25) is 0 Å². The molecule has 2 heterocycles. The summed E-state index contributed by atoms with van der Waals surface area (Å²) in [6.07, 6.45) is 0.708. The number of nitrogens with zero attached hydrogens (tertiary/aromatic N) is 1. The van der Waals surface area contributed by atoms with Crippen LogP contribution in [0.4, 0.5) is 0 Å². The molecule has 1 saturated heterocycles. The van der Waals surface area contributed by atoms with Crippen LogP contribution in [0.1, 0.15) is 54.5 Å². The topological polar surface area (TPSA) is 72.6 Å². The van der Waals surface area contributed by atoms with Crippen molar-refractivity contribution in [2.24, 2.45) is 5.73 Å². The van der Waals surface area contributed by atoms with E-state index in [1.54, 1.807) is 7.11 Å². The molecule has 6 heteroatoms. The average molecular weight is 353 g/mol. The SMILES string of the molecule is COc1cc(C)c2c(c1C(C)C)C(CN)N(C1CCS(=O)(=O)C1)C2. The molecule has 5 nitrogen and oxygen atoms in total. The number of aryl methyl sites for hydroxylation is 1. The van der Waals surface area contributed by atoms with Gasteiger partial charge in [0.2, 0.25) is 0 Å². The highest BCUT2D eigenvalue weighted by Gasteiger charge is 2.42. The van der Waals surface area contributed by atoms with Crippen LogP contribution in [0.15, 0.2) is 6.07 Å². The Morgan fingerprint density at radius 1 is 1.42 bits per heavy atom. The number of hydrogen-bond donors (Lipinski definition) is 1. The maximum absolute atomic E-state index is 11.9. The summed E-state index contributed by atoms with van der Waals surface area (Å²) in [6.45, 7) is 7.73. The van der Waals surface area contributed by atoms with Crippen molar-refractivity contribution in [1.29, 1.82) is 0 Å². The monoisotopic (exact) mass is 352 g/mol. The largest absolute Gasteiger partial charge is 0.496 e. The molecule has 0 amide bonds. The quantitative estimate of drug-likeness (QED) is 0.899. The predicted molar refractivity (Wildman–Crippen MR) is 96.2 cm³/mol. The molecule has 2 atom stereocenters. The molecule has 0 spiro atoms. The van der Waals surface area contributed by atoms with Crippen LogP contribution in [0.3, 0.4) is 0 Å². The van der Waals surface area contributed by atoms with Crippen molar-refractivity contribution < 1.29 is 13.2 Å². The number of rotatable bonds is 4. The van der Waals surface area contributed by atoms with Gasteiger partial charge in [-0.1, -0.05) is 13.8 Å². The Kier molecular flexibility index (Phi) is 4.66. The molecule has 0 aliphatic carbocycles. The van der Waals surface area contributed by atoms with E-state index in [0.29, 0.717) is 24.6 Å². The van der Waals surface area contributed by atoms with E-state index in [4.69, 9.17) is 10.5 Å². The van der Waals surface area contributed by atoms with Gasteiger partial charge in [0.05, 0.1) is 18.6 Å². The van der Waals surface area contributed by atoms with Crippen LogP contribution in [0, 0.1) is 6.92 Å². The van der Waals surface area contributed by atoms with Crippen molar-refractivity contribution in [3.63, 3.8) is 0 Å². The molecule has 3 rings (SSSR count). The first-order chi connectivity index (χ1) is 11.3. The van der Waals surface area contributed by atoms with Gasteiger partial charge < -0.3 is 10.5 Å². The minimum atomic E-state index is -2.91. The number of methoxy groups -OCH3 is 1. The second-order valence-electron chi connectivity index (χ2n) is 7.34. The van der Waals surface area contributed by atoms with Crippen LogP contribution >= 0.6 is 0 Å². The summed E-state index contributed by atoms with van der Waals surface area (Å²) >= 11 is 0. The Labute approximate surface area is 145 Å². The number of hydrogen-bond acceptors (Lipinski definition) is 5. The fourth-order valence-electron chi connectivity index (χ4n) is 4.36. The average Bonchev–Trinajstić information content (AvgIpc) is 3.06. The smallest absolute Gasteiger partial charge is 0.151 e. The normalized spacial score (nSPS) is 26.1. The maximum atomic E-state index is 11.9. The third kappa shape index (κ3) is 2.85. The highest BCUT2D eigenvalue weighted by Crippen LogP contribution is 2.45. The Morgan fingerprint density at radius 3 is 2.62 bits per heavy atom. The van der Waals surface area contributed by atoms with Crippen LogP contribution < -0.4 is 10.5 Å². The molecule has 2 unspecified atom stereocenters. The zero-order chi connectivity index (χ0) is 17.6. The van der Waals surface area contributed by atoms with Gasteiger partial charge in [-0.25, -0.2) is 8.42 Å². The molecule has 134 valence electrons. The fraction of sp³-hybridized carbons (Fsp3) is 0.667. The summed E-state index contributed by atoms with van der Waals surface area (Å²) < 4.78 is 29.5. The zero-order valence-corrected chi connectivity index (χ0v) is 15.8. The highest BCUT2D eigenvalue weighted by atomic mass is 32.2. The third-order valence-electron chi connectivity index (χ3n) is 5.48. The van der Waals surface area contributed by atoms with Gasteiger partial charge in [0.1, 0.15) is 5.75 Å². The van der Waals surface area contributed by atoms with Crippen LogP contribution in [-0.4, -0.2) is 44.5 Å². The third-order valence-corrected chi connectivity index (χ3v) is 7.23. The van der Waals surface area contributed by atoms with Crippen LogP contribution in [0.25, 0.3) is 0 Å². The lowest BCUT2D eigenvalue weighted by Crippen LogP contribution is -2.38. The van der Waals surface area contributed by atoms with Crippen LogP contribution in [0.5, 0.6) is 5.75 Å². The summed E-state index contributed by atoms with van der Waals surface area (Å²) in [4.78, 5) is 2.31. The van der Waals surface area contributed by atoms with E-state index in [0.717, 1.165) is 12.3 Å². The molecule has 0 aromatic heterocycles. The Morgan fingerprint density at radius 2 is 2.12 bits per heavy atom. The van der Waals surface area contributed by atoms with Gasteiger partial charge in [-0.15, -0.1) is 0 Å². The predicted octanol–water partition coefficient (Wildman–Crippen LogP) is 2.13. The molecule has 2 N–H and O–H groups in total. The molecule has 1 aromatic carbocycles. The van der Waals surface area contributed by atoms with Crippen LogP contribution in [-0.2, 0) is 16.4 Å². The minimum Gasteiger partial charge on any atom is -0.496 e. The van der Waals surface area contributed by atoms with Crippen molar-refractivity contribution in [1.82, 2.24) is 4.90 Å².